The van der Waals surface area contributed by atoms with Crippen LogP contribution in [0.2, 0.25) is 5.02 Å². The summed E-state index contributed by atoms with van der Waals surface area (Å²) in [5.41, 5.74) is 3.10. The van der Waals surface area contributed by atoms with E-state index >= 15 is 0 Å². The number of thiophene rings is 1. The van der Waals surface area contributed by atoms with Crippen LogP contribution in [0.5, 0.6) is 0 Å². The van der Waals surface area contributed by atoms with Gasteiger partial charge in [-0.3, -0.25) is 0 Å². The first-order valence-electron chi connectivity index (χ1n) is 6.07. The highest BCUT2D eigenvalue weighted by Crippen LogP contribution is 2.24. The van der Waals surface area contributed by atoms with Crippen LogP contribution >= 0.6 is 22.9 Å². The van der Waals surface area contributed by atoms with Gasteiger partial charge < -0.3 is 9.84 Å². The zero-order valence-corrected chi connectivity index (χ0v) is 12.3. The van der Waals surface area contributed by atoms with Gasteiger partial charge in [-0.05, 0) is 36.1 Å². The van der Waals surface area contributed by atoms with E-state index in [1.807, 2.05) is 36.6 Å². The number of rotatable bonds is 4. The maximum Gasteiger partial charge on any atom is 0.246 e. The summed E-state index contributed by atoms with van der Waals surface area (Å²) in [6, 6.07) is 7.50. The SMILES string of the molecule is Cc1cscc1-c1noc(CNc2cccc(Cl)c2)n1. The van der Waals surface area contributed by atoms with Gasteiger partial charge in [0.15, 0.2) is 0 Å². The number of hydrogen-bond donors (Lipinski definition) is 1. The van der Waals surface area contributed by atoms with Gasteiger partial charge in [0.05, 0.1) is 6.54 Å². The molecule has 1 aromatic carbocycles. The summed E-state index contributed by atoms with van der Waals surface area (Å²) in [6.07, 6.45) is 0. The zero-order chi connectivity index (χ0) is 13.9. The maximum atomic E-state index is 5.93. The Kier molecular flexibility index (Phi) is 3.71. The third-order valence-electron chi connectivity index (χ3n) is 2.83. The maximum absolute atomic E-state index is 5.93. The topological polar surface area (TPSA) is 51.0 Å². The standard InChI is InChI=1S/C14H12ClN3OS/c1-9-7-20-8-12(9)14-17-13(19-18-14)6-16-11-4-2-3-10(15)5-11/h2-5,7-8,16H,6H2,1H3. The van der Waals surface area contributed by atoms with E-state index in [9.17, 15) is 0 Å². The number of halogens is 1. The van der Waals surface area contributed by atoms with Gasteiger partial charge in [0.1, 0.15) is 0 Å². The van der Waals surface area contributed by atoms with Crippen molar-refractivity contribution in [2.45, 2.75) is 13.5 Å². The van der Waals surface area contributed by atoms with Crippen molar-refractivity contribution in [2.24, 2.45) is 0 Å². The summed E-state index contributed by atoms with van der Waals surface area (Å²) < 4.78 is 5.24. The smallest absolute Gasteiger partial charge is 0.246 e. The van der Waals surface area contributed by atoms with E-state index in [0.717, 1.165) is 16.8 Å². The van der Waals surface area contributed by atoms with Gasteiger partial charge in [0.2, 0.25) is 11.7 Å². The Balaban J connectivity index is 1.70. The average Bonchev–Trinajstić information content (AvgIpc) is 3.05. The molecule has 0 spiro atoms. The minimum Gasteiger partial charge on any atom is -0.376 e. The molecule has 102 valence electrons. The van der Waals surface area contributed by atoms with Crippen LogP contribution in [0, 0.1) is 6.92 Å². The molecule has 2 heterocycles. The van der Waals surface area contributed by atoms with E-state index < -0.39 is 0 Å². The van der Waals surface area contributed by atoms with Crippen molar-refractivity contribution >= 4 is 28.6 Å². The Morgan fingerprint density at radius 1 is 1.35 bits per heavy atom. The molecule has 0 saturated carbocycles. The fraction of sp³-hybridized carbons (Fsp3) is 0.143. The fourth-order valence-corrected chi connectivity index (χ4v) is 2.82. The van der Waals surface area contributed by atoms with Crippen molar-refractivity contribution in [2.75, 3.05) is 5.32 Å². The van der Waals surface area contributed by atoms with Crippen LogP contribution in [-0.2, 0) is 6.54 Å². The Hall–Kier alpha value is -1.85. The number of aryl methyl sites for hydroxylation is 1. The van der Waals surface area contributed by atoms with Crippen LogP contribution in [0.3, 0.4) is 0 Å². The summed E-state index contributed by atoms with van der Waals surface area (Å²) in [7, 11) is 0. The van der Waals surface area contributed by atoms with Gasteiger partial charge in [-0.1, -0.05) is 22.8 Å². The predicted molar refractivity (Wildman–Crippen MR) is 81.1 cm³/mol. The summed E-state index contributed by atoms with van der Waals surface area (Å²) in [4.78, 5) is 4.38. The first-order valence-corrected chi connectivity index (χ1v) is 7.39. The van der Waals surface area contributed by atoms with Gasteiger partial charge in [0, 0.05) is 21.7 Å². The number of hydrogen-bond acceptors (Lipinski definition) is 5. The van der Waals surface area contributed by atoms with Crippen molar-refractivity contribution in [3.8, 4) is 11.4 Å². The molecule has 0 atom stereocenters. The lowest BCUT2D eigenvalue weighted by Crippen LogP contribution is -1.99. The summed E-state index contributed by atoms with van der Waals surface area (Å²) in [6.45, 7) is 2.50. The second kappa shape index (κ2) is 5.64. The van der Waals surface area contributed by atoms with Crippen molar-refractivity contribution in [3.05, 3.63) is 51.5 Å². The van der Waals surface area contributed by atoms with Gasteiger partial charge in [-0.25, -0.2) is 0 Å². The van der Waals surface area contributed by atoms with E-state index in [4.69, 9.17) is 16.1 Å². The molecule has 0 aliphatic rings. The number of benzene rings is 1. The number of nitrogens with zero attached hydrogens (tertiary/aromatic N) is 2. The number of aromatic nitrogens is 2. The average molecular weight is 306 g/mol. The Morgan fingerprint density at radius 2 is 2.25 bits per heavy atom. The molecule has 0 aliphatic carbocycles. The summed E-state index contributed by atoms with van der Waals surface area (Å²) in [5, 5.41) is 12.0. The third kappa shape index (κ3) is 2.84. The molecule has 0 fully saturated rings. The van der Waals surface area contributed by atoms with Crippen LogP contribution in [0.15, 0.2) is 39.5 Å². The molecular weight excluding hydrogens is 294 g/mol. The Bertz CT molecular complexity index is 723. The zero-order valence-electron chi connectivity index (χ0n) is 10.8. The Morgan fingerprint density at radius 3 is 3.00 bits per heavy atom. The number of nitrogens with one attached hydrogen (secondary N) is 1. The summed E-state index contributed by atoms with van der Waals surface area (Å²) in [5.74, 6) is 1.18. The van der Waals surface area contributed by atoms with E-state index in [1.165, 1.54) is 0 Å². The molecule has 0 bridgehead atoms. The monoisotopic (exact) mass is 305 g/mol. The highest BCUT2D eigenvalue weighted by molar-refractivity contribution is 7.08. The summed E-state index contributed by atoms with van der Waals surface area (Å²) >= 11 is 7.56. The van der Waals surface area contributed by atoms with Gasteiger partial charge in [-0.15, -0.1) is 0 Å². The van der Waals surface area contributed by atoms with Crippen LogP contribution in [0.1, 0.15) is 11.5 Å². The van der Waals surface area contributed by atoms with E-state index in [1.54, 1.807) is 11.3 Å². The molecule has 0 unspecified atom stereocenters. The first kappa shape index (κ1) is 13.1. The normalized spacial score (nSPS) is 10.7. The molecule has 20 heavy (non-hydrogen) atoms. The van der Waals surface area contributed by atoms with Crippen LogP contribution in [-0.4, -0.2) is 10.1 Å². The van der Waals surface area contributed by atoms with Gasteiger partial charge in [-0.2, -0.15) is 16.3 Å². The highest BCUT2D eigenvalue weighted by Gasteiger charge is 2.11. The molecule has 3 rings (SSSR count). The van der Waals surface area contributed by atoms with E-state index in [2.05, 4.69) is 20.8 Å². The molecule has 0 aliphatic heterocycles. The molecule has 1 N–H and O–H groups in total. The lowest BCUT2D eigenvalue weighted by molar-refractivity contribution is 0.384. The van der Waals surface area contributed by atoms with Crippen molar-refractivity contribution in [1.29, 1.82) is 0 Å². The van der Waals surface area contributed by atoms with E-state index in [0.29, 0.717) is 23.3 Å². The Labute approximate surface area is 125 Å². The lowest BCUT2D eigenvalue weighted by atomic mass is 10.2. The molecule has 2 aromatic heterocycles. The fourth-order valence-electron chi connectivity index (χ4n) is 1.80. The molecular formula is C14H12ClN3OS. The van der Waals surface area contributed by atoms with Crippen LogP contribution in [0.4, 0.5) is 5.69 Å². The number of anilines is 1. The van der Waals surface area contributed by atoms with Gasteiger partial charge >= 0.3 is 0 Å². The first-order chi connectivity index (χ1) is 9.72. The molecule has 4 nitrogen and oxygen atoms in total. The van der Waals surface area contributed by atoms with Crippen LogP contribution < -0.4 is 5.32 Å². The molecule has 0 saturated heterocycles. The van der Waals surface area contributed by atoms with Crippen molar-refractivity contribution in [1.82, 2.24) is 10.1 Å². The van der Waals surface area contributed by atoms with E-state index in [-0.39, 0.29) is 0 Å². The lowest BCUT2D eigenvalue weighted by Gasteiger charge is -2.02. The van der Waals surface area contributed by atoms with Crippen LogP contribution in [0.25, 0.3) is 11.4 Å². The second-order valence-electron chi connectivity index (χ2n) is 4.34. The largest absolute Gasteiger partial charge is 0.376 e. The van der Waals surface area contributed by atoms with Gasteiger partial charge in [0.25, 0.3) is 0 Å². The molecule has 6 heteroatoms. The minimum absolute atomic E-state index is 0.469. The minimum atomic E-state index is 0.469. The quantitative estimate of drug-likeness (QED) is 0.777. The van der Waals surface area contributed by atoms with Crippen molar-refractivity contribution in [3.63, 3.8) is 0 Å². The second-order valence-corrected chi connectivity index (χ2v) is 5.52. The predicted octanol–water partition coefficient (Wildman–Crippen LogP) is 4.37. The molecule has 0 amide bonds. The molecule has 3 aromatic rings. The van der Waals surface area contributed by atoms with Crippen molar-refractivity contribution < 1.29 is 4.52 Å². The highest BCUT2D eigenvalue weighted by atomic mass is 35.5. The third-order valence-corrected chi connectivity index (χ3v) is 3.93. The molecule has 0 radical (unpaired) electrons.